The summed E-state index contributed by atoms with van der Waals surface area (Å²) in [4.78, 5) is 0. The normalized spacial score (nSPS) is 22.2. The van der Waals surface area contributed by atoms with Crippen molar-refractivity contribution in [2.24, 2.45) is 0 Å². The molecule has 0 saturated heterocycles. The summed E-state index contributed by atoms with van der Waals surface area (Å²) in [6.45, 7) is 2.51. The Labute approximate surface area is 97.7 Å². The Balaban J connectivity index is 2.12. The highest BCUT2D eigenvalue weighted by Crippen LogP contribution is 2.28. The van der Waals surface area contributed by atoms with Gasteiger partial charge in [-0.05, 0) is 37.3 Å². The smallest absolute Gasteiger partial charge is 0.0636 e. The summed E-state index contributed by atoms with van der Waals surface area (Å²) in [5.74, 6) is 0. The van der Waals surface area contributed by atoms with E-state index in [1.165, 1.54) is 36.8 Å². The number of aryl methyl sites for hydroxylation is 1. The lowest BCUT2D eigenvalue weighted by atomic mass is 9.99. The largest absolute Gasteiger partial charge is 0.392 e. The van der Waals surface area contributed by atoms with Crippen LogP contribution in [-0.4, -0.2) is 17.8 Å². The lowest BCUT2D eigenvalue weighted by Gasteiger charge is -2.20. The van der Waals surface area contributed by atoms with Crippen LogP contribution < -0.4 is 5.32 Å². The van der Waals surface area contributed by atoms with Crippen LogP contribution in [0.1, 0.15) is 43.4 Å². The van der Waals surface area contributed by atoms with Gasteiger partial charge in [0.25, 0.3) is 0 Å². The van der Waals surface area contributed by atoms with Crippen LogP contribution in [-0.2, 0) is 6.42 Å². The summed E-state index contributed by atoms with van der Waals surface area (Å²) in [7, 11) is 0. The Hall–Kier alpha value is -0.860. The molecule has 0 radical (unpaired) electrons. The minimum atomic E-state index is -0.268. The van der Waals surface area contributed by atoms with Gasteiger partial charge in [0, 0.05) is 12.6 Å². The molecule has 0 bridgehead atoms. The molecule has 1 aliphatic rings. The molecule has 0 saturated carbocycles. The minimum Gasteiger partial charge on any atom is -0.392 e. The predicted octanol–water partition coefficient (Wildman–Crippen LogP) is 2.42. The van der Waals surface area contributed by atoms with Gasteiger partial charge in [-0.25, -0.2) is 0 Å². The standard InChI is InChI=1S/C14H21NO/c1-11(16)10-15-14-9-5-3-7-12-6-2-4-8-13(12)14/h2,4,6,8,11,14-16H,3,5,7,9-10H2,1H3. The number of rotatable bonds is 3. The molecule has 0 aliphatic heterocycles. The third-order valence-electron chi connectivity index (χ3n) is 3.28. The van der Waals surface area contributed by atoms with Crippen molar-refractivity contribution in [3.05, 3.63) is 35.4 Å². The summed E-state index contributed by atoms with van der Waals surface area (Å²) in [5, 5.41) is 12.8. The van der Waals surface area contributed by atoms with E-state index in [1.807, 2.05) is 6.92 Å². The van der Waals surface area contributed by atoms with Crippen LogP contribution in [0.25, 0.3) is 0 Å². The van der Waals surface area contributed by atoms with Crippen LogP contribution in [0.15, 0.2) is 24.3 Å². The Morgan fingerprint density at radius 1 is 1.38 bits per heavy atom. The van der Waals surface area contributed by atoms with E-state index in [9.17, 15) is 5.11 Å². The van der Waals surface area contributed by atoms with Crippen LogP contribution in [0, 0.1) is 0 Å². The molecule has 0 aromatic heterocycles. The zero-order valence-corrected chi connectivity index (χ0v) is 9.95. The second-order valence-electron chi connectivity index (χ2n) is 4.75. The predicted molar refractivity (Wildman–Crippen MR) is 66.4 cm³/mol. The Morgan fingerprint density at radius 3 is 3.00 bits per heavy atom. The molecule has 0 heterocycles. The molecule has 2 heteroatoms. The monoisotopic (exact) mass is 219 g/mol. The first-order valence-electron chi connectivity index (χ1n) is 6.26. The molecule has 2 rings (SSSR count). The maximum absolute atomic E-state index is 9.34. The third kappa shape index (κ3) is 2.83. The summed E-state index contributed by atoms with van der Waals surface area (Å²) in [5.41, 5.74) is 2.91. The summed E-state index contributed by atoms with van der Waals surface area (Å²) >= 11 is 0. The number of aliphatic hydroxyl groups is 1. The molecule has 0 fully saturated rings. The molecule has 0 amide bonds. The van der Waals surface area contributed by atoms with Gasteiger partial charge in [-0.1, -0.05) is 30.7 Å². The van der Waals surface area contributed by atoms with Gasteiger partial charge in [-0.3, -0.25) is 0 Å². The number of hydrogen-bond acceptors (Lipinski definition) is 2. The first kappa shape index (κ1) is 11.6. The van der Waals surface area contributed by atoms with Crippen LogP contribution in [0.2, 0.25) is 0 Å². The first-order valence-corrected chi connectivity index (χ1v) is 6.26. The summed E-state index contributed by atoms with van der Waals surface area (Å²) in [6.07, 6.45) is 4.67. The number of aliphatic hydroxyl groups excluding tert-OH is 1. The van der Waals surface area contributed by atoms with Crippen molar-refractivity contribution in [1.82, 2.24) is 5.32 Å². The highest BCUT2D eigenvalue weighted by molar-refractivity contribution is 5.31. The molecule has 2 N–H and O–H groups in total. The van der Waals surface area contributed by atoms with E-state index >= 15 is 0 Å². The third-order valence-corrected chi connectivity index (χ3v) is 3.28. The molecule has 1 aliphatic carbocycles. The maximum atomic E-state index is 9.34. The second kappa shape index (κ2) is 5.46. The van der Waals surface area contributed by atoms with E-state index in [0.29, 0.717) is 12.6 Å². The molecule has 2 unspecified atom stereocenters. The van der Waals surface area contributed by atoms with Crippen LogP contribution in [0.5, 0.6) is 0 Å². The molecule has 2 nitrogen and oxygen atoms in total. The molecule has 0 spiro atoms. The molecule has 1 aromatic carbocycles. The van der Waals surface area contributed by atoms with Gasteiger partial charge in [-0.15, -0.1) is 0 Å². The SMILES string of the molecule is CC(O)CNC1CCCCc2ccccc21. The van der Waals surface area contributed by atoms with Crippen LogP contribution in [0.3, 0.4) is 0 Å². The fourth-order valence-electron chi connectivity index (χ4n) is 2.45. The fourth-order valence-corrected chi connectivity index (χ4v) is 2.45. The molecular weight excluding hydrogens is 198 g/mol. The van der Waals surface area contributed by atoms with Crippen molar-refractivity contribution in [1.29, 1.82) is 0 Å². The van der Waals surface area contributed by atoms with Crippen molar-refractivity contribution in [2.75, 3.05) is 6.54 Å². The van der Waals surface area contributed by atoms with E-state index in [2.05, 4.69) is 29.6 Å². The van der Waals surface area contributed by atoms with E-state index in [4.69, 9.17) is 0 Å². The van der Waals surface area contributed by atoms with Crippen molar-refractivity contribution in [2.45, 2.75) is 44.8 Å². The topological polar surface area (TPSA) is 32.3 Å². The lowest BCUT2D eigenvalue weighted by Crippen LogP contribution is -2.28. The van der Waals surface area contributed by atoms with E-state index in [-0.39, 0.29) is 6.10 Å². The second-order valence-corrected chi connectivity index (χ2v) is 4.75. The summed E-state index contributed by atoms with van der Waals surface area (Å²) in [6, 6.07) is 9.11. The van der Waals surface area contributed by atoms with Crippen molar-refractivity contribution >= 4 is 0 Å². The van der Waals surface area contributed by atoms with Crippen molar-refractivity contribution in [3.8, 4) is 0 Å². The molecule has 16 heavy (non-hydrogen) atoms. The maximum Gasteiger partial charge on any atom is 0.0636 e. The van der Waals surface area contributed by atoms with Gasteiger partial charge in [-0.2, -0.15) is 0 Å². The van der Waals surface area contributed by atoms with Crippen molar-refractivity contribution < 1.29 is 5.11 Å². The highest BCUT2D eigenvalue weighted by atomic mass is 16.3. The molecular formula is C14H21NO. The van der Waals surface area contributed by atoms with Gasteiger partial charge >= 0.3 is 0 Å². The zero-order chi connectivity index (χ0) is 11.4. The Morgan fingerprint density at radius 2 is 2.19 bits per heavy atom. The Kier molecular flexibility index (Phi) is 3.97. The highest BCUT2D eigenvalue weighted by Gasteiger charge is 2.17. The van der Waals surface area contributed by atoms with E-state index in [0.717, 1.165) is 0 Å². The van der Waals surface area contributed by atoms with Crippen LogP contribution >= 0.6 is 0 Å². The number of hydrogen-bond donors (Lipinski definition) is 2. The quantitative estimate of drug-likeness (QED) is 0.765. The summed E-state index contributed by atoms with van der Waals surface area (Å²) < 4.78 is 0. The zero-order valence-electron chi connectivity index (χ0n) is 9.95. The van der Waals surface area contributed by atoms with Gasteiger partial charge in [0.2, 0.25) is 0 Å². The molecule has 2 atom stereocenters. The molecule has 1 aromatic rings. The fraction of sp³-hybridized carbons (Fsp3) is 0.571. The number of benzene rings is 1. The van der Waals surface area contributed by atoms with E-state index in [1.54, 1.807) is 0 Å². The lowest BCUT2D eigenvalue weighted by molar-refractivity contribution is 0.185. The van der Waals surface area contributed by atoms with Crippen LogP contribution in [0.4, 0.5) is 0 Å². The number of fused-ring (bicyclic) bond motifs is 1. The van der Waals surface area contributed by atoms with Gasteiger partial charge in [0.1, 0.15) is 0 Å². The van der Waals surface area contributed by atoms with Crippen molar-refractivity contribution in [3.63, 3.8) is 0 Å². The average Bonchev–Trinajstić information content (AvgIpc) is 2.48. The Bertz CT molecular complexity index is 335. The van der Waals surface area contributed by atoms with Gasteiger partial charge < -0.3 is 10.4 Å². The first-order chi connectivity index (χ1) is 7.77. The molecule has 88 valence electrons. The van der Waals surface area contributed by atoms with E-state index < -0.39 is 0 Å². The number of nitrogens with one attached hydrogen (secondary N) is 1. The minimum absolute atomic E-state index is 0.268. The average molecular weight is 219 g/mol. The van der Waals surface area contributed by atoms with Gasteiger partial charge in [0.15, 0.2) is 0 Å². The van der Waals surface area contributed by atoms with Gasteiger partial charge in [0.05, 0.1) is 6.10 Å².